The fourth-order valence-corrected chi connectivity index (χ4v) is 2.60. The molecular formula is C19H22N4O4. The number of carbonyl (C=O) groups is 1. The summed E-state index contributed by atoms with van der Waals surface area (Å²) in [6.07, 6.45) is 1.59. The maximum absolute atomic E-state index is 12.4. The van der Waals surface area contributed by atoms with Gasteiger partial charge >= 0.3 is 0 Å². The molecule has 0 bridgehead atoms. The molecule has 0 atom stereocenters. The van der Waals surface area contributed by atoms with Gasteiger partial charge < -0.3 is 13.9 Å². The lowest BCUT2D eigenvalue weighted by Crippen LogP contribution is -2.38. The van der Waals surface area contributed by atoms with Crippen molar-refractivity contribution in [1.29, 1.82) is 0 Å². The summed E-state index contributed by atoms with van der Waals surface area (Å²) in [5, 5.41) is 8.62. The number of hydrazine groups is 1. The first kappa shape index (κ1) is 18.5. The highest BCUT2D eigenvalue weighted by Gasteiger charge is 2.15. The Hall–Kier alpha value is -3.26. The smallest absolute Gasteiger partial charge is 0.283 e. The Kier molecular flexibility index (Phi) is 5.77. The van der Waals surface area contributed by atoms with Crippen LogP contribution in [0.1, 0.15) is 23.2 Å². The van der Waals surface area contributed by atoms with Gasteiger partial charge in [0.1, 0.15) is 11.5 Å². The van der Waals surface area contributed by atoms with Gasteiger partial charge in [-0.25, -0.2) is 5.01 Å². The van der Waals surface area contributed by atoms with Crippen molar-refractivity contribution < 1.29 is 18.7 Å². The highest BCUT2D eigenvalue weighted by Crippen LogP contribution is 2.32. The lowest BCUT2D eigenvalue weighted by Gasteiger charge is -2.15. The van der Waals surface area contributed by atoms with Crippen molar-refractivity contribution in [1.82, 2.24) is 20.6 Å². The van der Waals surface area contributed by atoms with Gasteiger partial charge in [0, 0.05) is 12.6 Å². The molecule has 142 valence electrons. The fourth-order valence-electron chi connectivity index (χ4n) is 2.60. The van der Waals surface area contributed by atoms with Gasteiger partial charge in [0.05, 0.1) is 32.2 Å². The lowest BCUT2D eigenvalue weighted by atomic mass is 10.1. The molecule has 3 aromatic rings. The van der Waals surface area contributed by atoms with Gasteiger partial charge in [-0.3, -0.25) is 15.3 Å². The quantitative estimate of drug-likeness (QED) is 0.593. The Balaban J connectivity index is 1.69. The van der Waals surface area contributed by atoms with Crippen LogP contribution in [0.2, 0.25) is 0 Å². The highest BCUT2D eigenvalue weighted by atomic mass is 16.5. The molecule has 0 saturated heterocycles. The number of aromatic amines is 1. The number of benzene rings is 1. The van der Waals surface area contributed by atoms with Gasteiger partial charge in [-0.1, -0.05) is 0 Å². The molecule has 3 rings (SSSR count). The summed E-state index contributed by atoms with van der Waals surface area (Å²) in [5.74, 6) is 1.74. The molecule has 8 nitrogen and oxygen atoms in total. The number of nitrogens with one attached hydrogen (secondary N) is 2. The monoisotopic (exact) mass is 370 g/mol. The van der Waals surface area contributed by atoms with Gasteiger partial charge in [0.2, 0.25) is 0 Å². The summed E-state index contributed by atoms with van der Waals surface area (Å²) in [4.78, 5) is 12.4. The number of hydrogen-bond acceptors (Lipinski definition) is 6. The van der Waals surface area contributed by atoms with E-state index in [4.69, 9.17) is 13.9 Å². The Labute approximate surface area is 157 Å². The second-order valence-electron chi connectivity index (χ2n) is 5.84. The minimum Gasteiger partial charge on any atom is -0.493 e. The van der Waals surface area contributed by atoms with E-state index in [1.165, 1.54) is 0 Å². The molecule has 0 unspecified atom stereocenters. The van der Waals surface area contributed by atoms with Crippen LogP contribution >= 0.6 is 0 Å². The minimum absolute atomic E-state index is 0.291. The number of nitrogens with zero attached hydrogens (tertiary/aromatic N) is 2. The van der Waals surface area contributed by atoms with Crippen LogP contribution < -0.4 is 14.9 Å². The van der Waals surface area contributed by atoms with Crippen LogP contribution in [0.25, 0.3) is 11.3 Å². The topological polar surface area (TPSA) is 92.6 Å². The maximum Gasteiger partial charge on any atom is 0.283 e. The first-order valence-corrected chi connectivity index (χ1v) is 8.51. The second-order valence-corrected chi connectivity index (χ2v) is 5.84. The fraction of sp³-hybridized carbons (Fsp3) is 0.263. The molecule has 8 heteroatoms. The van der Waals surface area contributed by atoms with Gasteiger partial charge in [0.25, 0.3) is 5.91 Å². The standard InChI is InChI=1S/C19H22N4O4/c1-4-26-17-8-7-13(10-18(17)25-3)15-11-16(21-20-15)19(24)22-23(2)12-14-6-5-9-27-14/h5-11H,4,12H2,1-3H3,(H,20,21)(H,22,24). The number of rotatable bonds is 8. The number of ether oxygens (including phenoxy) is 2. The average molecular weight is 370 g/mol. The van der Waals surface area contributed by atoms with Crippen molar-refractivity contribution in [2.45, 2.75) is 13.5 Å². The molecule has 1 amide bonds. The first-order chi connectivity index (χ1) is 13.1. The summed E-state index contributed by atoms with van der Waals surface area (Å²) < 4.78 is 16.1. The molecule has 0 aliphatic heterocycles. The van der Waals surface area contributed by atoms with Crippen molar-refractivity contribution >= 4 is 5.91 Å². The average Bonchev–Trinajstić information content (AvgIpc) is 3.34. The molecule has 2 N–H and O–H groups in total. The summed E-state index contributed by atoms with van der Waals surface area (Å²) >= 11 is 0. The van der Waals surface area contributed by atoms with E-state index in [9.17, 15) is 4.79 Å². The van der Waals surface area contributed by atoms with E-state index in [-0.39, 0.29) is 5.91 Å². The van der Waals surface area contributed by atoms with E-state index in [2.05, 4.69) is 15.6 Å². The Morgan fingerprint density at radius 3 is 2.85 bits per heavy atom. The van der Waals surface area contributed by atoms with Gasteiger partial charge in [-0.15, -0.1) is 0 Å². The van der Waals surface area contributed by atoms with Crippen molar-refractivity contribution in [2.24, 2.45) is 0 Å². The summed E-state index contributed by atoms with van der Waals surface area (Å²) in [5.41, 5.74) is 4.57. The van der Waals surface area contributed by atoms with E-state index in [1.54, 1.807) is 37.6 Å². The van der Waals surface area contributed by atoms with Gasteiger partial charge in [0.15, 0.2) is 11.5 Å². The van der Waals surface area contributed by atoms with Crippen LogP contribution in [0.15, 0.2) is 47.1 Å². The summed E-state index contributed by atoms with van der Waals surface area (Å²) in [6.45, 7) is 2.92. The third-order valence-corrected chi connectivity index (χ3v) is 3.85. The van der Waals surface area contributed by atoms with E-state index in [1.807, 2.05) is 31.2 Å². The molecule has 27 heavy (non-hydrogen) atoms. The summed E-state index contributed by atoms with van der Waals surface area (Å²) in [7, 11) is 3.34. The summed E-state index contributed by atoms with van der Waals surface area (Å²) in [6, 6.07) is 10.8. The third kappa shape index (κ3) is 4.48. The van der Waals surface area contributed by atoms with Crippen LogP contribution in [0.3, 0.4) is 0 Å². The minimum atomic E-state index is -0.291. The number of methoxy groups -OCH3 is 1. The zero-order valence-electron chi connectivity index (χ0n) is 15.5. The SMILES string of the molecule is CCOc1ccc(-c2cc(C(=O)NN(C)Cc3ccco3)[nH]n2)cc1OC. The Morgan fingerprint density at radius 2 is 2.15 bits per heavy atom. The number of carbonyl (C=O) groups excluding carboxylic acids is 1. The number of aromatic nitrogens is 2. The normalized spacial score (nSPS) is 10.8. The van der Waals surface area contributed by atoms with E-state index in [0.717, 1.165) is 11.3 Å². The number of amides is 1. The lowest BCUT2D eigenvalue weighted by molar-refractivity contribution is 0.0805. The van der Waals surface area contributed by atoms with Crippen molar-refractivity contribution in [3.63, 3.8) is 0 Å². The molecule has 0 fully saturated rings. The Bertz CT molecular complexity index is 889. The molecule has 0 aliphatic carbocycles. The van der Waals surface area contributed by atoms with Crippen LogP contribution in [0.5, 0.6) is 11.5 Å². The van der Waals surface area contributed by atoms with Gasteiger partial charge in [-0.2, -0.15) is 5.10 Å². The number of H-pyrrole nitrogens is 1. The molecule has 2 aromatic heterocycles. The zero-order chi connectivity index (χ0) is 19.2. The molecular weight excluding hydrogens is 348 g/mol. The largest absolute Gasteiger partial charge is 0.493 e. The number of hydrogen-bond donors (Lipinski definition) is 2. The second kappa shape index (κ2) is 8.41. The van der Waals surface area contributed by atoms with Crippen molar-refractivity contribution in [2.75, 3.05) is 20.8 Å². The number of furan rings is 1. The van der Waals surface area contributed by atoms with Crippen molar-refractivity contribution in [3.8, 4) is 22.8 Å². The van der Waals surface area contributed by atoms with Crippen LogP contribution in [0.4, 0.5) is 0 Å². The van der Waals surface area contributed by atoms with E-state index in [0.29, 0.717) is 36.0 Å². The molecule has 0 spiro atoms. The molecule has 2 heterocycles. The van der Waals surface area contributed by atoms with Crippen LogP contribution in [-0.4, -0.2) is 41.9 Å². The molecule has 0 aliphatic rings. The van der Waals surface area contributed by atoms with E-state index < -0.39 is 0 Å². The van der Waals surface area contributed by atoms with Gasteiger partial charge in [-0.05, 0) is 43.3 Å². The predicted octanol–water partition coefficient (Wildman–Crippen LogP) is 2.85. The predicted molar refractivity (Wildman–Crippen MR) is 99.4 cm³/mol. The molecule has 0 saturated carbocycles. The third-order valence-electron chi connectivity index (χ3n) is 3.85. The van der Waals surface area contributed by atoms with Crippen molar-refractivity contribution in [3.05, 3.63) is 54.1 Å². The highest BCUT2D eigenvalue weighted by molar-refractivity contribution is 5.93. The van der Waals surface area contributed by atoms with Crippen LogP contribution in [0, 0.1) is 0 Å². The Morgan fingerprint density at radius 1 is 1.30 bits per heavy atom. The first-order valence-electron chi connectivity index (χ1n) is 8.51. The maximum atomic E-state index is 12.4. The molecule has 1 aromatic carbocycles. The van der Waals surface area contributed by atoms with Crippen LogP contribution in [-0.2, 0) is 6.54 Å². The zero-order valence-corrected chi connectivity index (χ0v) is 15.5. The molecule has 0 radical (unpaired) electrons. The van der Waals surface area contributed by atoms with E-state index >= 15 is 0 Å².